The quantitative estimate of drug-likeness (QED) is 0.323. The molecule has 1 atom stereocenters. The zero-order valence-electron chi connectivity index (χ0n) is 19.0. The van der Waals surface area contributed by atoms with Gasteiger partial charge in [-0.25, -0.2) is 0 Å². The standard InChI is InChI=1S/C29H22N2O4/c1-33-21-11-9-19(10-12-21)28-24-14-13-22(16-26(24)35-29(31)25(28)17-30)34-27(32)15-20-7-4-6-18-5-2-3-8-23(18)20/h2-14,16,28H,15,31H2,1H3. The third-order valence-corrected chi connectivity index (χ3v) is 6.09. The molecule has 6 heteroatoms. The van der Waals surface area contributed by atoms with Crippen molar-refractivity contribution >= 4 is 16.7 Å². The Labute approximate surface area is 202 Å². The summed E-state index contributed by atoms with van der Waals surface area (Å²) in [5, 5.41) is 11.8. The van der Waals surface area contributed by atoms with E-state index in [9.17, 15) is 10.1 Å². The van der Waals surface area contributed by atoms with E-state index in [1.54, 1.807) is 25.3 Å². The fourth-order valence-electron chi connectivity index (χ4n) is 4.41. The van der Waals surface area contributed by atoms with Crippen molar-refractivity contribution in [3.8, 4) is 23.3 Å². The van der Waals surface area contributed by atoms with Crippen LogP contribution in [0.2, 0.25) is 0 Å². The van der Waals surface area contributed by atoms with Gasteiger partial charge in [0.25, 0.3) is 0 Å². The Kier molecular flexibility index (Phi) is 5.82. The molecule has 1 aliphatic rings. The molecule has 4 aromatic carbocycles. The van der Waals surface area contributed by atoms with Crippen LogP contribution in [0, 0.1) is 11.3 Å². The Bertz CT molecular complexity index is 1490. The summed E-state index contributed by atoms with van der Waals surface area (Å²) in [7, 11) is 1.60. The van der Waals surface area contributed by atoms with Gasteiger partial charge in [-0.3, -0.25) is 4.79 Å². The first-order valence-electron chi connectivity index (χ1n) is 11.1. The van der Waals surface area contributed by atoms with Crippen LogP contribution in [-0.2, 0) is 11.2 Å². The topological polar surface area (TPSA) is 94.6 Å². The average molecular weight is 463 g/mol. The SMILES string of the molecule is COc1ccc(C2C(C#N)=C(N)Oc3cc(OC(=O)Cc4cccc5ccccc45)ccc32)cc1. The molecular weight excluding hydrogens is 440 g/mol. The van der Waals surface area contributed by atoms with E-state index >= 15 is 0 Å². The molecule has 5 rings (SSSR count). The maximum Gasteiger partial charge on any atom is 0.315 e. The van der Waals surface area contributed by atoms with Crippen molar-refractivity contribution in [1.82, 2.24) is 0 Å². The fraction of sp³-hybridized carbons (Fsp3) is 0.103. The van der Waals surface area contributed by atoms with E-state index in [1.165, 1.54) is 0 Å². The monoisotopic (exact) mass is 462 g/mol. The number of methoxy groups -OCH3 is 1. The number of nitriles is 1. The van der Waals surface area contributed by atoms with Crippen molar-refractivity contribution < 1.29 is 19.0 Å². The number of ether oxygens (including phenoxy) is 3. The summed E-state index contributed by atoms with van der Waals surface area (Å²) in [5.74, 6) is 0.735. The molecule has 0 bridgehead atoms. The van der Waals surface area contributed by atoms with Gasteiger partial charge < -0.3 is 19.9 Å². The van der Waals surface area contributed by atoms with Gasteiger partial charge in [0.1, 0.15) is 28.9 Å². The molecule has 1 aliphatic heterocycles. The first-order chi connectivity index (χ1) is 17.1. The summed E-state index contributed by atoms with van der Waals surface area (Å²) in [6.07, 6.45) is 0.133. The van der Waals surface area contributed by atoms with Gasteiger partial charge in [0.15, 0.2) is 0 Å². The number of allylic oxidation sites excluding steroid dienone is 1. The number of hydrogen-bond donors (Lipinski definition) is 1. The second kappa shape index (κ2) is 9.24. The van der Waals surface area contributed by atoms with Gasteiger partial charge in [-0.1, -0.05) is 60.7 Å². The number of carbonyl (C=O) groups excluding carboxylic acids is 1. The lowest BCUT2D eigenvalue weighted by molar-refractivity contribution is -0.133. The predicted molar refractivity (Wildman–Crippen MR) is 132 cm³/mol. The number of esters is 1. The molecule has 6 nitrogen and oxygen atoms in total. The minimum Gasteiger partial charge on any atom is -0.497 e. The molecule has 1 heterocycles. The van der Waals surface area contributed by atoms with Crippen LogP contribution < -0.4 is 19.9 Å². The Hall–Kier alpha value is -4.76. The normalized spacial score (nSPS) is 14.6. The third-order valence-electron chi connectivity index (χ3n) is 6.09. The molecule has 35 heavy (non-hydrogen) atoms. The Morgan fingerprint density at radius 3 is 2.51 bits per heavy atom. The number of rotatable bonds is 5. The highest BCUT2D eigenvalue weighted by atomic mass is 16.5. The van der Waals surface area contributed by atoms with E-state index in [4.69, 9.17) is 19.9 Å². The van der Waals surface area contributed by atoms with Crippen molar-refractivity contribution in [1.29, 1.82) is 5.26 Å². The Balaban J connectivity index is 1.42. The van der Waals surface area contributed by atoms with Crippen LogP contribution in [0.15, 0.2) is 96.4 Å². The molecular formula is C29H22N2O4. The van der Waals surface area contributed by atoms with Crippen LogP contribution in [0.3, 0.4) is 0 Å². The van der Waals surface area contributed by atoms with Gasteiger partial charge in [-0.15, -0.1) is 0 Å². The largest absolute Gasteiger partial charge is 0.497 e. The van der Waals surface area contributed by atoms with Crippen molar-refractivity contribution in [2.24, 2.45) is 5.73 Å². The smallest absolute Gasteiger partial charge is 0.315 e. The predicted octanol–water partition coefficient (Wildman–Crippen LogP) is 5.21. The average Bonchev–Trinajstić information content (AvgIpc) is 2.88. The van der Waals surface area contributed by atoms with E-state index in [-0.39, 0.29) is 18.3 Å². The van der Waals surface area contributed by atoms with Crippen molar-refractivity contribution in [2.75, 3.05) is 7.11 Å². The molecule has 0 amide bonds. The summed E-state index contributed by atoms with van der Waals surface area (Å²) in [5.41, 5.74) is 8.95. The molecule has 0 spiro atoms. The number of hydrogen-bond acceptors (Lipinski definition) is 6. The van der Waals surface area contributed by atoms with Gasteiger partial charge in [0.05, 0.1) is 19.4 Å². The summed E-state index contributed by atoms with van der Waals surface area (Å²) < 4.78 is 16.6. The molecule has 0 fully saturated rings. The molecule has 0 radical (unpaired) electrons. The molecule has 172 valence electrons. The van der Waals surface area contributed by atoms with Crippen LogP contribution in [0.5, 0.6) is 17.2 Å². The fourth-order valence-corrected chi connectivity index (χ4v) is 4.41. The first-order valence-corrected chi connectivity index (χ1v) is 11.1. The number of carbonyl (C=O) groups is 1. The van der Waals surface area contributed by atoms with E-state index < -0.39 is 5.92 Å². The highest BCUT2D eigenvalue weighted by molar-refractivity contribution is 5.89. The van der Waals surface area contributed by atoms with E-state index in [0.717, 1.165) is 27.5 Å². The lowest BCUT2D eigenvalue weighted by Crippen LogP contribution is -2.21. The van der Waals surface area contributed by atoms with Crippen LogP contribution >= 0.6 is 0 Å². The molecule has 1 unspecified atom stereocenters. The van der Waals surface area contributed by atoms with Gasteiger partial charge >= 0.3 is 5.97 Å². The molecule has 0 aromatic heterocycles. The minimum absolute atomic E-state index is 0.0278. The molecule has 0 saturated carbocycles. The highest BCUT2D eigenvalue weighted by Gasteiger charge is 2.31. The maximum absolute atomic E-state index is 12.8. The zero-order valence-corrected chi connectivity index (χ0v) is 19.0. The second-order valence-corrected chi connectivity index (χ2v) is 8.19. The van der Waals surface area contributed by atoms with E-state index in [1.807, 2.05) is 66.7 Å². The lowest BCUT2D eigenvalue weighted by atomic mass is 9.83. The first kappa shape index (κ1) is 22.1. The van der Waals surface area contributed by atoms with Gasteiger partial charge in [0.2, 0.25) is 5.88 Å². The third kappa shape index (κ3) is 4.28. The summed E-state index contributed by atoms with van der Waals surface area (Å²) in [4.78, 5) is 12.8. The van der Waals surface area contributed by atoms with Crippen molar-refractivity contribution in [3.63, 3.8) is 0 Å². The van der Waals surface area contributed by atoms with Crippen molar-refractivity contribution in [3.05, 3.63) is 113 Å². The zero-order chi connectivity index (χ0) is 24.4. The lowest BCUT2D eigenvalue weighted by Gasteiger charge is -2.26. The van der Waals surface area contributed by atoms with Gasteiger partial charge in [-0.2, -0.15) is 5.26 Å². The Morgan fingerprint density at radius 1 is 1.00 bits per heavy atom. The van der Waals surface area contributed by atoms with E-state index in [2.05, 4.69) is 6.07 Å². The second-order valence-electron chi connectivity index (χ2n) is 8.19. The van der Waals surface area contributed by atoms with Crippen molar-refractivity contribution in [2.45, 2.75) is 12.3 Å². The highest BCUT2D eigenvalue weighted by Crippen LogP contribution is 2.43. The number of fused-ring (bicyclic) bond motifs is 2. The summed E-state index contributed by atoms with van der Waals surface area (Å²) >= 11 is 0. The molecule has 4 aromatic rings. The molecule has 0 saturated heterocycles. The summed E-state index contributed by atoms with van der Waals surface area (Å²) in [6.45, 7) is 0. The number of nitrogens with two attached hydrogens (primary N) is 1. The number of nitrogens with zero attached hydrogens (tertiary/aromatic N) is 1. The van der Waals surface area contributed by atoms with Crippen LogP contribution in [0.25, 0.3) is 10.8 Å². The summed E-state index contributed by atoms with van der Waals surface area (Å²) in [6, 6.07) is 28.5. The Morgan fingerprint density at radius 2 is 1.74 bits per heavy atom. The number of benzene rings is 4. The van der Waals surface area contributed by atoms with E-state index in [0.29, 0.717) is 22.8 Å². The van der Waals surface area contributed by atoms with Gasteiger partial charge in [-0.05, 0) is 40.1 Å². The minimum atomic E-state index is -0.407. The van der Waals surface area contributed by atoms with Crippen LogP contribution in [0.1, 0.15) is 22.6 Å². The molecule has 0 aliphatic carbocycles. The van der Waals surface area contributed by atoms with Gasteiger partial charge in [0, 0.05) is 11.6 Å². The van der Waals surface area contributed by atoms with Crippen LogP contribution in [-0.4, -0.2) is 13.1 Å². The maximum atomic E-state index is 12.8. The molecule has 2 N–H and O–H groups in total. The van der Waals surface area contributed by atoms with Crippen LogP contribution in [0.4, 0.5) is 0 Å².